The van der Waals surface area contributed by atoms with Crippen LogP contribution in [0.2, 0.25) is 0 Å². The monoisotopic (exact) mass is 516 g/mol. The zero-order chi connectivity index (χ0) is 23.9. The predicted molar refractivity (Wildman–Crippen MR) is 114 cm³/mol. The van der Waals surface area contributed by atoms with Crippen molar-refractivity contribution in [3.63, 3.8) is 0 Å². The maximum Gasteiger partial charge on any atom is 0.314 e. The van der Waals surface area contributed by atoms with Crippen molar-refractivity contribution in [1.29, 1.82) is 0 Å². The normalized spacial score (nSPS) is 20.5. The number of likely N-dealkylation sites (tertiary alicyclic amines) is 1. The molecule has 3 aromatic heterocycles. The van der Waals surface area contributed by atoms with Gasteiger partial charge in [0.2, 0.25) is 10.0 Å². The topological polar surface area (TPSA) is 115 Å². The lowest BCUT2D eigenvalue weighted by molar-refractivity contribution is 0.0332. The van der Waals surface area contributed by atoms with Gasteiger partial charge >= 0.3 is 6.43 Å². The van der Waals surface area contributed by atoms with Crippen LogP contribution in [0.15, 0.2) is 29.1 Å². The first-order chi connectivity index (χ1) is 16.3. The van der Waals surface area contributed by atoms with Gasteiger partial charge in [0.25, 0.3) is 11.8 Å². The fraction of sp³-hybridized carbons (Fsp3) is 0.474. The molecule has 0 radical (unpaired) electrons. The molecule has 0 aliphatic carbocycles. The Bertz CT molecular complexity index is 1270. The fourth-order valence-electron chi connectivity index (χ4n) is 4.01. The number of thiazole rings is 1. The maximum atomic E-state index is 13.9. The highest BCUT2D eigenvalue weighted by atomic mass is 32.2. The van der Waals surface area contributed by atoms with Gasteiger partial charge in [0.1, 0.15) is 15.7 Å². The number of hydrogen-bond donors (Lipinski definition) is 0. The summed E-state index contributed by atoms with van der Waals surface area (Å²) < 4.78 is 77.5. The number of pyridine rings is 1. The van der Waals surface area contributed by atoms with Gasteiger partial charge in [0.05, 0.1) is 49.3 Å². The van der Waals surface area contributed by atoms with E-state index in [0.29, 0.717) is 29.6 Å². The number of morpholine rings is 1. The van der Waals surface area contributed by atoms with E-state index in [1.807, 2.05) is 0 Å². The molecule has 2 aliphatic rings. The number of aromatic nitrogens is 4. The van der Waals surface area contributed by atoms with Gasteiger partial charge < -0.3 is 9.15 Å². The van der Waals surface area contributed by atoms with Crippen molar-refractivity contribution in [3.05, 3.63) is 41.4 Å². The van der Waals surface area contributed by atoms with Crippen LogP contribution in [0.3, 0.4) is 0 Å². The van der Waals surface area contributed by atoms with Gasteiger partial charge in [-0.05, 0) is 6.42 Å². The largest absolute Gasteiger partial charge is 0.414 e. The predicted octanol–water partition coefficient (Wildman–Crippen LogP) is 2.47. The second-order valence-corrected chi connectivity index (χ2v) is 11.0. The molecular formula is C19H19F3N6O4S2. The summed E-state index contributed by atoms with van der Waals surface area (Å²) in [5.74, 6) is -1.84. The molecule has 0 aromatic carbocycles. The Balaban J connectivity index is 1.36. The van der Waals surface area contributed by atoms with E-state index < -0.39 is 28.2 Å². The number of halogens is 3. The second-order valence-electron chi connectivity index (χ2n) is 7.89. The molecule has 15 heteroatoms. The summed E-state index contributed by atoms with van der Waals surface area (Å²) in [6, 6.07) is 1.29. The summed E-state index contributed by atoms with van der Waals surface area (Å²) in [5, 5.41) is 7.18. The summed E-state index contributed by atoms with van der Waals surface area (Å²) in [4.78, 5) is 10.3. The van der Waals surface area contributed by atoms with Crippen LogP contribution in [-0.4, -0.2) is 71.1 Å². The van der Waals surface area contributed by atoms with Crippen LogP contribution >= 0.6 is 11.3 Å². The summed E-state index contributed by atoms with van der Waals surface area (Å²) in [6.45, 7) is 1.38. The molecule has 0 amide bonds. The number of hydrogen-bond acceptors (Lipinski definition) is 10. The highest BCUT2D eigenvalue weighted by molar-refractivity contribution is 7.92. The molecule has 2 saturated heterocycles. The Morgan fingerprint density at radius 2 is 2.12 bits per heavy atom. The number of anilines is 1. The van der Waals surface area contributed by atoms with Crippen molar-refractivity contribution in [1.82, 2.24) is 25.1 Å². The van der Waals surface area contributed by atoms with Crippen molar-refractivity contribution < 1.29 is 30.7 Å². The van der Waals surface area contributed by atoms with Crippen molar-refractivity contribution >= 4 is 27.0 Å². The summed E-state index contributed by atoms with van der Waals surface area (Å²) in [6.07, 6.45) is 1.69. The van der Waals surface area contributed by atoms with Crippen LogP contribution < -0.4 is 4.31 Å². The van der Waals surface area contributed by atoms with Crippen LogP contribution in [0.1, 0.15) is 23.7 Å². The fourth-order valence-corrected chi connectivity index (χ4v) is 6.35. The number of alkyl halides is 2. The van der Waals surface area contributed by atoms with Gasteiger partial charge in [-0.3, -0.25) is 14.2 Å². The second kappa shape index (κ2) is 9.20. The van der Waals surface area contributed by atoms with Gasteiger partial charge in [0, 0.05) is 25.2 Å². The van der Waals surface area contributed by atoms with Crippen LogP contribution in [0.4, 0.5) is 18.9 Å². The molecule has 5 rings (SSSR count). The molecule has 3 aromatic rings. The van der Waals surface area contributed by atoms with Crippen molar-refractivity contribution in [2.24, 2.45) is 0 Å². The third-order valence-electron chi connectivity index (χ3n) is 5.64. The summed E-state index contributed by atoms with van der Waals surface area (Å²) >= 11 is 1.01. The first-order valence-electron chi connectivity index (χ1n) is 10.3. The van der Waals surface area contributed by atoms with E-state index in [1.54, 1.807) is 0 Å². The van der Waals surface area contributed by atoms with E-state index in [0.717, 1.165) is 34.3 Å². The van der Waals surface area contributed by atoms with E-state index in [2.05, 4.69) is 25.1 Å². The highest BCUT2D eigenvalue weighted by Gasteiger charge is 2.39. The average molecular weight is 517 g/mol. The Morgan fingerprint density at radius 1 is 1.26 bits per heavy atom. The van der Waals surface area contributed by atoms with Crippen LogP contribution in [0, 0.1) is 5.82 Å². The molecule has 10 nitrogen and oxygen atoms in total. The smallest absolute Gasteiger partial charge is 0.314 e. The molecule has 0 N–H and O–H groups in total. The zero-order valence-corrected chi connectivity index (χ0v) is 19.2. The highest BCUT2D eigenvalue weighted by Crippen LogP contribution is 2.31. The Kier molecular flexibility index (Phi) is 6.26. The minimum absolute atomic E-state index is 0.0563. The summed E-state index contributed by atoms with van der Waals surface area (Å²) in [7, 11) is -3.90. The minimum atomic E-state index is -3.90. The zero-order valence-electron chi connectivity index (χ0n) is 17.6. The molecule has 182 valence electrons. The Labute approximate surface area is 196 Å². The van der Waals surface area contributed by atoms with E-state index in [1.165, 1.54) is 12.4 Å². The van der Waals surface area contributed by atoms with Crippen molar-refractivity contribution in [3.8, 4) is 10.8 Å². The number of nitrogens with zero attached hydrogens (tertiary/aromatic N) is 6. The van der Waals surface area contributed by atoms with Crippen molar-refractivity contribution in [2.45, 2.75) is 31.5 Å². The third-order valence-corrected chi connectivity index (χ3v) is 8.32. The van der Waals surface area contributed by atoms with E-state index in [4.69, 9.17) is 9.15 Å². The molecular weight excluding hydrogens is 497 g/mol. The average Bonchev–Trinajstić information content (AvgIpc) is 3.60. The first-order valence-corrected chi connectivity index (χ1v) is 12.7. The number of ether oxygens (including phenoxy) is 1. The maximum absolute atomic E-state index is 13.9. The molecule has 5 heterocycles. The Hall–Kier alpha value is -2.62. The van der Waals surface area contributed by atoms with E-state index in [9.17, 15) is 21.6 Å². The molecule has 2 bridgehead atoms. The number of fused-ring (bicyclic) bond motifs is 2. The minimum Gasteiger partial charge on any atom is -0.414 e. The van der Waals surface area contributed by atoms with Crippen molar-refractivity contribution in [2.75, 3.05) is 29.8 Å². The summed E-state index contributed by atoms with van der Waals surface area (Å²) in [5.41, 5.74) is 0.0563. The standard InChI is InChI=1S/C19H19F3N6O4S2/c20-11-3-12(6-23-5-11)28(34(29,30)2-1-27-8-14-4-13(27)10-31-14)9-16-24-7-15(33-16)18-25-26-19(32-18)17(21)22/h3,5-7,13-14,17H,1-2,4,8-10H2/t13-,14-/m0/s1. The van der Waals surface area contributed by atoms with Gasteiger partial charge in [-0.2, -0.15) is 8.78 Å². The molecule has 0 spiro atoms. The number of rotatable bonds is 9. The lowest BCUT2D eigenvalue weighted by Crippen LogP contribution is -2.42. The van der Waals surface area contributed by atoms with Gasteiger partial charge in [0.15, 0.2) is 0 Å². The van der Waals surface area contributed by atoms with Gasteiger partial charge in [-0.25, -0.2) is 17.8 Å². The van der Waals surface area contributed by atoms with E-state index >= 15 is 0 Å². The quantitative estimate of drug-likeness (QED) is 0.423. The third kappa shape index (κ3) is 4.78. The SMILES string of the molecule is O=S(=O)(CCN1C[C@@H]2C[C@H]1CO2)N(Cc1ncc(-c2nnc(C(F)F)o2)s1)c1cncc(F)c1. The van der Waals surface area contributed by atoms with Crippen LogP contribution in [0.5, 0.6) is 0 Å². The van der Waals surface area contributed by atoms with Crippen LogP contribution in [0.25, 0.3) is 10.8 Å². The lowest BCUT2D eigenvalue weighted by Gasteiger charge is -2.28. The molecule has 0 unspecified atom stereocenters. The molecule has 2 atom stereocenters. The molecule has 34 heavy (non-hydrogen) atoms. The first kappa shape index (κ1) is 23.1. The molecule has 2 fully saturated rings. The molecule has 2 aliphatic heterocycles. The Morgan fingerprint density at radius 3 is 2.79 bits per heavy atom. The van der Waals surface area contributed by atoms with E-state index in [-0.39, 0.29) is 36.0 Å². The lowest BCUT2D eigenvalue weighted by atomic mass is 10.2. The van der Waals surface area contributed by atoms with Crippen LogP contribution in [-0.2, 0) is 21.3 Å². The van der Waals surface area contributed by atoms with Gasteiger partial charge in [-0.15, -0.1) is 21.5 Å². The molecule has 0 saturated carbocycles. The number of sulfonamides is 1. The van der Waals surface area contributed by atoms with Gasteiger partial charge in [-0.1, -0.05) is 0 Å².